The number of aromatic hydroxyl groups is 1. The maximum Gasteiger partial charge on any atom is 0.115 e. The molecule has 2 rings (SSSR count). The molecule has 0 bridgehead atoms. The number of hydrogen-bond donors (Lipinski definition) is 2. The summed E-state index contributed by atoms with van der Waals surface area (Å²) < 4.78 is 0. The van der Waals surface area contributed by atoms with Crippen LogP contribution in [0, 0.1) is 17.8 Å². The highest BCUT2D eigenvalue weighted by molar-refractivity contribution is 5.31. The van der Waals surface area contributed by atoms with Crippen LogP contribution in [0.5, 0.6) is 5.75 Å². The molecule has 2 N–H and O–H groups in total. The lowest BCUT2D eigenvalue weighted by Crippen LogP contribution is -2.35. The second kappa shape index (κ2) is 11.2. The summed E-state index contributed by atoms with van der Waals surface area (Å²) in [6.07, 6.45) is 13.3. The predicted molar refractivity (Wildman–Crippen MR) is 112 cm³/mol. The van der Waals surface area contributed by atoms with Crippen LogP contribution >= 0.6 is 0 Å². The van der Waals surface area contributed by atoms with Crippen molar-refractivity contribution in [3.63, 3.8) is 0 Å². The molecule has 3 atom stereocenters. The molecule has 0 spiro atoms. The van der Waals surface area contributed by atoms with E-state index in [1.54, 1.807) is 12.2 Å². The predicted octanol–water partition coefficient (Wildman–Crippen LogP) is 6.24. The molecule has 0 aromatic heterocycles. The molecule has 146 valence electrons. The first-order valence-corrected chi connectivity index (χ1v) is 10.0. The van der Waals surface area contributed by atoms with Gasteiger partial charge in [-0.1, -0.05) is 64.1 Å². The molecule has 1 aromatic carbocycles. The molecule has 1 aromatic rings. The van der Waals surface area contributed by atoms with E-state index in [-0.39, 0.29) is 12.0 Å². The molecule has 1 aliphatic carbocycles. The van der Waals surface area contributed by atoms with Crippen molar-refractivity contribution < 1.29 is 10.2 Å². The van der Waals surface area contributed by atoms with Gasteiger partial charge in [-0.3, -0.25) is 0 Å². The molecule has 0 aliphatic heterocycles. The summed E-state index contributed by atoms with van der Waals surface area (Å²) in [6, 6.07) is 7.81. The highest BCUT2D eigenvalue weighted by Gasteiger charge is 2.36. The molecule has 0 saturated heterocycles. The van der Waals surface area contributed by atoms with Crippen molar-refractivity contribution >= 4 is 0 Å². The van der Waals surface area contributed by atoms with Gasteiger partial charge in [0.25, 0.3) is 0 Å². The Kier molecular flexibility index (Phi) is 9.72. The van der Waals surface area contributed by atoms with E-state index >= 15 is 0 Å². The second-order valence-electron chi connectivity index (χ2n) is 8.01. The Morgan fingerprint density at radius 2 is 1.77 bits per heavy atom. The molecule has 0 heterocycles. The highest BCUT2D eigenvalue weighted by Crippen LogP contribution is 2.45. The number of aliphatic hydroxyl groups excluding tert-OH is 1. The van der Waals surface area contributed by atoms with Crippen LogP contribution < -0.4 is 0 Å². The van der Waals surface area contributed by atoms with E-state index in [0.717, 1.165) is 18.3 Å². The number of allylic oxidation sites excluding steroid dienone is 3. The zero-order valence-corrected chi connectivity index (χ0v) is 17.3. The first kappa shape index (κ1) is 22.5. The van der Waals surface area contributed by atoms with Gasteiger partial charge in [0.1, 0.15) is 5.75 Å². The van der Waals surface area contributed by atoms with Crippen LogP contribution in [0.1, 0.15) is 65.9 Å². The van der Waals surface area contributed by atoms with Crippen LogP contribution in [0.3, 0.4) is 0 Å². The van der Waals surface area contributed by atoms with E-state index in [9.17, 15) is 5.11 Å². The number of phenols is 1. The van der Waals surface area contributed by atoms with Gasteiger partial charge in [0, 0.05) is 0 Å². The summed E-state index contributed by atoms with van der Waals surface area (Å²) in [5, 5.41) is 17.5. The van der Waals surface area contributed by atoms with Crippen molar-refractivity contribution in [2.45, 2.75) is 65.7 Å². The van der Waals surface area contributed by atoms with E-state index < -0.39 is 0 Å². The van der Waals surface area contributed by atoms with E-state index in [2.05, 4.69) is 52.0 Å². The Hall–Kier alpha value is -1.54. The summed E-state index contributed by atoms with van der Waals surface area (Å²) in [6.45, 7) is 11.4. The van der Waals surface area contributed by atoms with Crippen molar-refractivity contribution in [2.24, 2.45) is 17.8 Å². The van der Waals surface area contributed by atoms with E-state index in [1.165, 1.54) is 24.8 Å². The molecule has 1 aliphatic rings. The maximum atomic E-state index is 9.50. The van der Waals surface area contributed by atoms with Crippen molar-refractivity contribution in [1.82, 2.24) is 0 Å². The van der Waals surface area contributed by atoms with E-state index in [0.29, 0.717) is 11.7 Å². The number of aliphatic hydroxyl groups is 1. The summed E-state index contributed by atoms with van der Waals surface area (Å²) in [4.78, 5) is 0. The fraction of sp³-hybridized carbons (Fsp3) is 0.583. The normalized spacial score (nSPS) is 23.8. The van der Waals surface area contributed by atoms with Crippen LogP contribution in [-0.4, -0.2) is 16.8 Å². The number of benzene rings is 1. The number of phenolic OH excluding ortho intramolecular Hbond substituents is 1. The SMILES string of the molecule is C/C=C\CO.CC/C=C/C1CC(C(C)(C)c2ccc(O)cc2)CCC1C. The van der Waals surface area contributed by atoms with Crippen LogP contribution in [0.15, 0.2) is 48.6 Å². The largest absolute Gasteiger partial charge is 0.508 e. The molecule has 2 heteroatoms. The van der Waals surface area contributed by atoms with E-state index in [4.69, 9.17) is 5.11 Å². The first-order chi connectivity index (χ1) is 12.4. The summed E-state index contributed by atoms with van der Waals surface area (Å²) in [7, 11) is 0. The molecule has 0 radical (unpaired) electrons. The topological polar surface area (TPSA) is 40.5 Å². The molecule has 0 amide bonds. The van der Waals surface area contributed by atoms with Crippen LogP contribution in [0.4, 0.5) is 0 Å². The summed E-state index contributed by atoms with van der Waals surface area (Å²) >= 11 is 0. The number of rotatable bonds is 5. The van der Waals surface area contributed by atoms with Gasteiger partial charge < -0.3 is 10.2 Å². The van der Waals surface area contributed by atoms with Gasteiger partial charge in [-0.05, 0) is 73.5 Å². The molecule has 1 fully saturated rings. The van der Waals surface area contributed by atoms with Crippen LogP contribution in [0.25, 0.3) is 0 Å². The van der Waals surface area contributed by atoms with Crippen molar-refractivity contribution in [1.29, 1.82) is 0 Å². The average molecular weight is 359 g/mol. The van der Waals surface area contributed by atoms with Crippen molar-refractivity contribution in [2.75, 3.05) is 6.61 Å². The van der Waals surface area contributed by atoms with Crippen molar-refractivity contribution in [3.8, 4) is 5.75 Å². The standard InChI is InChI=1S/C20H30O.C4H8O/c1-5-6-7-16-14-18(9-8-15(16)2)20(3,4)17-10-12-19(21)13-11-17;1-2-3-4-5/h6-7,10-13,15-16,18,21H,5,8-9,14H2,1-4H3;2-3,5H,4H2,1H3/b7-6+;3-2-. The van der Waals surface area contributed by atoms with Crippen molar-refractivity contribution in [3.05, 3.63) is 54.1 Å². The van der Waals surface area contributed by atoms with Gasteiger partial charge in [-0.25, -0.2) is 0 Å². The Labute approximate surface area is 160 Å². The summed E-state index contributed by atoms with van der Waals surface area (Å²) in [5.41, 5.74) is 1.52. The first-order valence-electron chi connectivity index (χ1n) is 10.0. The van der Waals surface area contributed by atoms with Gasteiger partial charge in [0.15, 0.2) is 0 Å². The fourth-order valence-electron chi connectivity index (χ4n) is 3.82. The third-order valence-electron chi connectivity index (χ3n) is 5.85. The molecular weight excluding hydrogens is 320 g/mol. The molecule has 2 nitrogen and oxygen atoms in total. The lowest BCUT2D eigenvalue weighted by Gasteiger charge is -2.42. The lowest BCUT2D eigenvalue weighted by atomic mass is 9.63. The Morgan fingerprint density at radius 3 is 2.27 bits per heavy atom. The Bertz CT molecular complexity index is 554. The maximum absolute atomic E-state index is 9.50. The molecule has 3 unspecified atom stereocenters. The van der Waals surface area contributed by atoms with Crippen LogP contribution in [0.2, 0.25) is 0 Å². The minimum Gasteiger partial charge on any atom is -0.508 e. The molecular formula is C24H38O2. The molecule has 26 heavy (non-hydrogen) atoms. The Morgan fingerprint density at radius 1 is 1.12 bits per heavy atom. The zero-order valence-electron chi connectivity index (χ0n) is 17.3. The van der Waals surface area contributed by atoms with Gasteiger partial charge >= 0.3 is 0 Å². The third-order valence-corrected chi connectivity index (χ3v) is 5.85. The van der Waals surface area contributed by atoms with Gasteiger partial charge in [-0.15, -0.1) is 0 Å². The zero-order chi connectivity index (χ0) is 19.6. The van der Waals surface area contributed by atoms with Gasteiger partial charge in [0.05, 0.1) is 6.61 Å². The monoisotopic (exact) mass is 358 g/mol. The fourth-order valence-corrected chi connectivity index (χ4v) is 3.82. The highest BCUT2D eigenvalue weighted by atomic mass is 16.3. The smallest absolute Gasteiger partial charge is 0.115 e. The number of hydrogen-bond acceptors (Lipinski definition) is 2. The second-order valence-corrected chi connectivity index (χ2v) is 8.01. The minimum atomic E-state index is 0.163. The average Bonchev–Trinajstić information content (AvgIpc) is 2.62. The lowest BCUT2D eigenvalue weighted by molar-refractivity contribution is 0.163. The minimum absolute atomic E-state index is 0.163. The van der Waals surface area contributed by atoms with Gasteiger partial charge in [0.2, 0.25) is 0 Å². The van der Waals surface area contributed by atoms with Gasteiger partial charge in [-0.2, -0.15) is 0 Å². The summed E-state index contributed by atoms with van der Waals surface area (Å²) in [5.74, 6) is 2.60. The Balaban J connectivity index is 0.000000597. The van der Waals surface area contributed by atoms with Crippen LogP contribution in [-0.2, 0) is 5.41 Å². The molecule has 1 saturated carbocycles. The van der Waals surface area contributed by atoms with E-state index in [1.807, 2.05) is 19.1 Å². The third kappa shape index (κ3) is 6.64. The quantitative estimate of drug-likeness (QED) is 0.611.